The number of amides is 4. The van der Waals surface area contributed by atoms with Gasteiger partial charge < -0.3 is 20.9 Å². The van der Waals surface area contributed by atoms with Crippen molar-refractivity contribution in [3.63, 3.8) is 0 Å². The molecule has 9 heteroatoms. The first-order chi connectivity index (χ1) is 18.9. The van der Waals surface area contributed by atoms with Crippen molar-refractivity contribution in [1.82, 2.24) is 25.8 Å². The minimum atomic E-state index is -0.774. The zero-order valence-corrected chi connectivity index (χ0v) is 22.6. The van der Waals surface area contributed by atoms with Crippen LogP contribution in [-0.2, 0) is 20.8 Å². The van der Waals surface area contributed by atoms with Crippen LogP contribution in [0.2, 0.25) is 0 Å². The molecule has 0 bridgehead atoms. The number of pyridine rings is 1. The van der Waals surface area contributed by atoms with E-state index in [1.54, 1.807) is 25.3 Å². The highest BCUT2D eigenvalue weighted by Gasteiger charge is 2.44. The first kappa shape index (κ1) is 28.3. The van der Waals surface area contributed by atoms with Crippen molar-refractivity contribution in [1.29, 1.82) is 0 Å². The second-order valence-electron chi connectivity index (χ2n) is 10.5. The van der Waals surface area contributed by atoms with Gasteiger partial charge in [-0.3, -0.25) is 24.2 Å². The number of unbranched alkanes of at least 4 members (excludes halogenated alkanes) is 1. The molecule has 4 amide bonds. The normalized spacial score (nSPS) is 20.7. The minimum absolute atomic E-state index is 0.103. The van der Waals surface area contributed by atoms with Crippen LogP contribution in [0.3, 0.4) is 0 Å². The average molecular weight is 534 g/mol. The van der Waals surface area contributed by atoms with Crippen LogP contribution in [0.1, 0.15) is 74.2 Å². The summed E-state index contributed by atoms with van der Waals surface area (Å²) in [7, 11) is 0. The molecule has 0 spiro atoms. The Bertz CT molecular complexity index is 1120. The number of aromatic nitrogens is 1. The van der Waals surface area contributed by atoms with Crippen molar-refractivity contribution < 1.29 is 19.2 Å². The zero-order chi connectivity index (χ0) is 27.6. The van der Waals surface area contributed by atoms with Gasteiger partial charge in [-0.2, -0.15) is 0 Å². The molecule has 1 unspecified atom stereocenters. The van der Waals surface area contributed by atoms with Crippen molar-refractivity contribution >= 4 is 23.6 Å². The third kappa shape index (κ3) is 7.65. The molecule has 2 aromatic rings. The zero-order valence-electron chi connectivity index (χ0n) is 22.6. The minimum Gasteiger partial charge on any atom is -0.352 e. The summed E-state index contributed by atoms with van der Waals surface area (Å²) in [6.07, 6.45) is 10.4. The fourth-order valence-corrected chi connectivity index (χ4v) is 5.44. The molecular weight excluding hydrogens is 494 g/mol. The lowest BCUT2D eigenvalue weighted by molar-refractivity contribution is -0.155. The predicted octanol–water partition coefficient (Wildman–Crippen LogP) is 2.76. The fourth-order valence-electron chi connectivity index (χ4n) is 5.44. The van der Waals surface area contributed by atoms with E-state index in [1.165, 1.54) is 17.5 Å². The second-order valence-corrected chi connectivity index (χ2v) is 10.5. The van der Waals surface area contributed by atoms with Crippen LogP contribution >= 0.6 is 0 Å². The molecule has 3 N–H and O–H groups in total. The van der Waals surface area contributed by atoms with Gasteiger partial charge in [0.2, 0.25) is 17.7 Å². The van der Waals surface area contributed by atoms with E-state index in [4.69, 9.17) is 0 Å². The summed E-state index contributed by atoms with van der Waals surface area (Å²) in [5.41, 5.74) is 1.43. The summed E-state index contributed by atoms with van der Waals surface area (Å²) in [5.74, 6) is -0.885. The van der Waals surface area contributed by atoms with Crippen molar-refractivity contribution in [3.05, 3.63) is 66.0 Å². The lowest BCUT2D eigenvalue weighted by Crippen LogP contribution is -2.67. The third-order valence-electron chi connectivity index (χ3n) is 7.66. The molecule has 1 saturated carbocycles. The van der Waals surface area contributed by atoms with Gasteiger partial charge in [0.05, 0.1) is 5.56 Å². The highest BCUT2D eigenvalue weighted by molar-refractivity contribution is 5.99. The number of benzene rings is 1. The average Bonchev–Trinajstić information content (AvgIpc) is 2.96. The Kier molecular flexibility index (Phi) is 10.1. The maximum absolute atomic E-state index is 13.7. The molecule has 2 aliphatic rings. The summed E-state index contributed by atoms with van der Waals surface area (Å²) < 4.78 is 0. The fraction of sp³-hybridized carbons (Fsp3) is 0.500. The maximum atomic E-state index is 13.7. The van der Waals surface area contributed by atoms with E-state index in [2.05, 4.69) is 20.9 Å². The molecule has 1 aromatic carbocycles. The molecule has 1 aliphatic carbocycles. The van der Waals surface area contributed by atoms with E-state index in [0.717, 1.165) is 31.2 Å². The Labute approximate surface area is 230 Å². The molecule has 3 atom stereocenters. The molecule has 2 fully saturated rings. The number of hydrogen-bond acceptors (Lipinski definition) is 5. The number of carbonyl (C=O) groups is 4. The van der Waals surface area contributed by atoms with E-state index in [-0.39, 0.29) is 29.7 Å². The molecule has 9 nitrogen and oxygen atoms in total. The van der Waals surface area contributed by atoms with Crippen molar-refractivity contribution in [2.75, 3.05) is 6.54 Å². The van der Waals surface area contributed by atoms with Gasteiger partial charge in [-0.25, -0.2) is 0 Å². The van der Waals surface area contributed by atoms with E-state index < -0.39 is 18.1 Å². The van der Waals surface area contributed by atoms with Crippen LogP contribution in [0.25, 0.3) is 0 Å². The van der Waals surface area contributed by atoms with Gasteiger partial charge in [-0.15, -0.1) is 0 Å². The summed E-state index contributed by atoms with van der Waals surface area (Å²) in [6.45, 7) is 2.13. The Morgan fingerprint density at radius 1 is 1.05 bits per heavy atom. The summed E-state index contributed by atoms with van der Waals surface area (Å²) in [6, 6.07) is 10.9. The van der Waals surface area contributed by atoms with Gasteiger partial charge in [0, 0.05) is 31.4 Å². The highest BCUT2D eigenvalue weighted by Crippen LogP contribution is 2.22. The third-order valence-corrected chi connectivity index (χ3v) is 7.66. The number of rotatable bonds is 11. The van der Waals surface area contributed by atoms with Crippen LogP contribution in [-0.4, -0.2) is 64.2 Å². The number of hydrogen-bond donors (Lipinski definition) is 3. The highest BCUT2D eigenvalue weighted by atomic mass is 16.2. The van der Waals surface area contributed by atoms with E-state index in [9.17, 15) is 19.2 Å². The first-order valence-corrected chi connectivity index (χ1v) is 14.1. The molecule has 1 aromatic heterocycles. The summed E-state index contributed by atoms with van der Waals surface area (Å²) in [5, 5.41) is 8.89. The summed E-state index contributed by atoms with van der Waals surface area (Å²) >= 11 is 0. The Balaban J connectivity index is 1.39. The quantitative estimate of drug-likeness (QED) is 0.384. The molecule has 39 heavy (non-hydrogen) atoms. The Morgan fingerprint density at radius 2 is 1.82 bits per heavy atom. The number of carbonyl (C=O) groups excluding carboxylic acids is 4. The van der Waals surface area contributed by atoms with Crippen LogP contribution in [0, 0.1) is 0 Å². The number of piperazine rings is 1. The summed E-state index contributed by atoms with van der Waals surface area (Å²) in [4.78, 5) is 58.0. The van der Waals surface area contributed by atoms with Gasteiger partial charge in [-0.1, -0.05) is 49.6 Å². The Morgan fingerprint density at radius 3 is 2.54 bits per heavy atom. The van der Waals surface area contributed by atoms with E-state index >= 15 is 0 Å². The number of nitrogens with zero attached hydrogens (tertiary/aromatic N) is 2. The lowest BCUT2D eigenvalue weighted by Gasteiger charge is -2.42. The van der Waals surface area contributed by atoms with Crippen molar-refractivity contribution in [2.45, 2.75) is 88.9 Å². The molecule has 0 radical (unpaired) electrons. The molecule has 1 aliphatic heterocycles. The van der Waals surface area contributed by atoms with E-state index in [0.29, 0.717) is 37.8 Å². The van der Waals surface area contributed by atoms with Crippen LogP contribution < -0.4 is 16.0 Å². The SMILES string of the molecule is C[C@H]1C(=O)N[C@@H](CCCCNC(=O)c2cccnc2)C(=O)N1C(Cc1ccccc1)C(=O)NC1CCCCC1. The molecule has 2 heterocycles. The Hall–Kier alpha value is -3.75. The van der Waals surface area contributed by atoms with Gasteiger partial charge in [0.15, 0.2) is 0 Å². The number of nitrogens with one attached hydrogen (secondary N) is 3. The lowest BCUT2D eigenvalue weighted by atomic mass is 9.93. The van der Waals surface area contributed by atoms with Crippen LogP contribution in [0.5, 0.6) is 0 Å². The standard InChI is InChI=1S/C30H39N5O4/c1-21-27(36)34-25(16-8-9-18-32-28(37)23-13-10-17-31-20-23)30(39)35(21)26(19-22-11-4-2-5-12-22)29(38)33-24-14-6-3-7-15-24/h2,4-5,10-13,17,20-21,24-26H,3,6-9,14-16,18-19H2,1H3,(H,32,37)(H,33,38)(H,34,36)/t21-,25-,26?/m0/s1. The predicted molar refractivity (Wildman–Crippen MR) is 148 cm³/mol. The molecule has 1 saturated heterocycles. The van der Waals surface area contributed by atoms with Gasteiger partial charge in [0.1, 0.15) is 18.1 Å². The van der Waals surface area contributed by atoms with E-state index in [1.807, 2.05) is 30.3 Å². The maximum Gasteiger partial charge on any atom is 0.252 e. The molecule has 4 rings (SSSR count). The van der Waals surface area contributed by atoms with Crippen LogP contribution in [0.15, 0.2) is 54.9 Å². The van der Waals surface area contributed by atoms with Crippen molar-refractivity contribution in [2.24, 2.45) is 0 Å². The largest absolute Gasteiger partial charge is 0.352 e. The van der Waals surface area contributed by atoms with Crippen molar-refractivity contribution in [3.8, 4) is 0 Å². The second kappa shape index (κ2) is 13.9. The molecular formula is C30H39N5O4. The van der Waals surface area contributed by atoms with Gasteiger partial charge >= 0.3 is 0 Å². The first-order valence-electron chi connectivity index (χ1n) is 14.1. The molecule has 208 valence electrons. The van der Waals surface area contributed by atoms with Crippen LogP contribution in [0.4, 0.5) is 0 Å². The van der Waals surface area contributed by atoms with Gasteiger partial charge in [0.25, 0.3) is 5.91 Å². The smallest absolute Gasteiger partial charge is 0.252 e. The topological polar surface area (TPSA) is 120 Å². The van der Waals surface area contributed by atoms with Gasteiger partial charge in [-0.05, 0) is 56.7 Å². The monoisotopic (exact) mass is 533 g/mol.